The second kappa shape index (κ2) is 7.43. The van der Waals surface area contributed by atoms with Gasteiger partial charge in [0.05, 0.1) is 12.3 Å². The van der Waals surface area contributed by atoms with Gasteiger partial charge in [0.2, 0.25) is 0 Å². The van der Waals surface area contributed by atoms with Crippen LogP contribution in [0.3, 0.4) is 0 Å². The summed E-state index contributed by atoms with van der Waals surface area (Å²) in [5, 5.41) is 8.34. The summed E-state index contributed by atoms with van der Waals surface area (Å²) in [6.07, 6.45) is 2.94. The molecule has 120 valence electrons. The van der Waals surface area contributed by atoms with Crippen LogP contribution in [0.4, 0.5) is 0 Å². The molecular weight excluding hydrogens is 274 g/mol. The van der Waals surface area contributed by atoms with Gasteiger partial charge in [0.15, 0.2) is 0 Å². The molecule has 1 aromatic heterocycles. The molecule has 0 aliphatic carbocycles. The average molecular weight is 301 g/mol. The Balaban J connectivity index is 2.04. The fourth-order valence-electron chi connectivity index (χ4n) is 2.56. The van der Waals surface area contributed by atoms with E-state index >= 15 is 0 Å². The Hall–Kier alpha value is -1.84. The monoisotopic (exact) mass is 301 g/mol. The smallest absolute Gasteiger partial charge is 0.119 e. The molecule has 4 nitrogen and oxygen atoms in total. The number of nitrogens with zero attached hydrogens (tertiary/aromatic N) is 3. The minimum atomic E-state index is 0.418. The zero-order valence-corrected chi connectivity index (χ0v) is 14.3. The van der Waals surface area contributed by atoms with Gasteiger partial charge < -0.3 is 4.74 Å². The van der Waals surface area contributed by atoms with Gasteiger partial charge in [-0.3, -0.25) is 4.68 Å². The van der Waals surface area contributed by atoms with Gasteiger partial charge in [0.25, 0.3) is 0 Å². The largest absolute Gasteiger partial charge is 0.493 e. The number of rotatable bonds is 7. The first-order chi connectivity index (χ1) is 10.5. The molecule has 1 atom stereocenters. The summed E-state index contributed by atoms with van der Waals surface area (Å²) in [5.41, 5.74) is 3.67. The third-order valence-corrected chi connectivity index (χ3v) is 3.78. The van der Waals surface area contributed by atoms with E-state index < -0.39 is 0 Å². The highest BCUT2D eigenvalue weighted by molar-refractivity contribution is 5.37. The molecule has 0 bridgehead atoms. The Kier molecular flexibility index (Phi) is 5.58. The molecule has 0 saturated heterocycles. The third-order valence-electron chi connectivity index (χ3n) is 3.78. The first kappa shape index (κ1) is 16.5. The van der Waals surface area contributed by atoms with Crippen LogP contribution in [0.5, 0.6) is 5.75 Å². The fraction of sp³-hybridized carbons (Fsp3) is 0.556. The van der Waals surface area contributed by atoms with E-state index in [1.54, 1.807) is 0 Å². The minimum Gasteiger partial charge on any atom is -0.493 e. The molecule has 0 radical (unpaired) electrons. The van der Waals surface area contributed by atoms with Gasteiger partial charge in [-0.1, -0.05) is 32.1 Å². The number of aryl methyl sites for hydroxylation is 2. The van der Waals surface area contributed by atoms with Crippen LogP contribution >= 0.6 is 0 Å². The number of hydrogen-bond acceptors (Lipinski definition) is 3. The van der Waals surface area contributed by atoms with Crippen molar-refractivity contribution in [3.8, 4) is 5.75 Å². The van der Waals surface area contributed by atoms with E-state index in [0.29, 0.717) is 11.8 Å². The summed E-state index contributed by atoms with van der Waals surface area (Å²) in [7, 11) is 0. The van der Waals surface area contributed by atoms with Crippen molar-refractivity contribution in [2.24, 2.45) is 5.92 Å². The molecule has 2 rings (SSSR count). The van der Waals surface area contributed by atoms with Crippen molar-refractivity contribution in [3.05, 3.63) is 41.2 Å². The Bertz CT molecular complexity index is 604. The van der Waals surface area contributed by atoms with Gasteiger partial charge in [0.1, 0.15) is 5.75 Å². The standard InChI is InChI=1S/C18H27N3O/c1-6-21-11-16(19-20-21)9-14(4)18-8-7-17(10-15(18)5)22-12-13(2)3/h7-8,10-11,13-14H,6,9,12H2,1-5H3. The van der Waals surface area contributed by atoms with Gasteiger partial charge in [-0.05, 0) is 55.4 Å². The third kappa shape index (κ3) is 4.33. The zero-order valence-electron chi connectivity index (χ0n) is 14.3. The lowest BCUT2D eigenvalue weighted by Crippen LogP contribution is -2.06. The van der Waals surface area contributed by atoms with E-state index in [-0.39, 0.29) is 0 Å². The van der Waals surface area contributed by atoms with Crippen molar-refractivity contribution in [2.75, 3.05) is 6.61 Å². The average Bonchev–Trinajstić information content (AvgIpc) is 2.92. The van der Waals surface area contributed by atoms with Crippen LogP contribution in [0.15, 0.2) is 24.4 Å². The van der Waals surface area contributed by atoms with Gasteiger partial charge in [-0.25, -0.2) is 0 Å². The quantitative estimate of drug-likeness (QED) is 0.776. The van der Waals surface area contributed by atoms with E-state index in [1.165, 1.54) is 11.1 Å². The first-order valence-electron chi connectivity index (χ1n) is 8.12. The second-order valence-corrected chi connectivity index (χ2v) is 6.39. The maximum absolute atomic E-state index is 5.79. The molecule has 0 N–H and O–H groups in total. The van der Waals surface area contributed by atoms with Gasteiger partial charge >= 0.3 is 0 Å². The number of aromatic nitrogens is 3. The summed E-state index contributed by atoms with van der Waals surface area (Å²) >= 11 is 0. The fourth-order valence-corrected chi connectivity index (χ4v) is 2.56. The van der Waals surface area contributed by atoms with Gasteiger partial charge in [-0.2, -0.15) is 0 Å². The molecule has 2 aromatic rings. The van der Waals surface area contributed by atoms with Crippen molar-refractivity contribution in [3.63, 3.8) is 0 Å². The molecule has 0 aliphatic heterocycles. The Morgan fingerprint density at radius 3 is 2.59 bits per heavy atom. The molecule has 0 spiro atoms. The number of benzene rings is 1. The highest BCUT2D eigenvalue weighted by Gasteiger charge is 2.12. The lowest BCUT2D eigenvalue weighted by atomic mass is 9.92. The predicted octanol–water partition coefficient (Wildman–Crippen LogP) is 3.99. The van der Waals surface area contributed by atoms with Gasteiger partial charge in [-0.15, -0.1) is 5.10 Å². The van der Waals surface area contributed by atoms with Crippen molar-refractivity contribution >= 4 is 0 Å². The number of ether oxygens (including phenoxy) is 1. The summed E-state index contributed by atoms with van der Waals surface area (Å²) < 4.78 is 7.67. The highest BCUT2D eigenvalue weighted by atomic mass is 16.5. The van der Waals surface area contributed by atoms with Crippen LogP contribution in [0.1, 0.15) is 50.4 Å². The summed E-state index contributed by atoms with van der Waals surface area (Å²) in [4.78, 5) is 0. The topological polar surface area (TPSA) is 39.9 Å². The molecule has 22 heavy (non-hydrogen) atoms. The van der Waals surface area contributed by atoms with E-state index in [0.717, 1.165) is 31.0 Å². The maximum Gasteiger partial charge on any atom is 0.119 e. The minimum absolute atomic E-state index is 0.418. The van der Waals surface area contributed by atoms with Crippen molar-refractivity contribution in [2.45, 2.75) is 53.5 Å². The molecule has 0 aliphatic rings. The summed E-state index contributed by atoms with van der Waals surface area (Å²) in [6.45, 7) is 12.4. The highest BCUT2D eigenvalue weighted by Crippen LogP contribution is 2.26. The normalized spacial score (nSPS) is 12.6. The molecule has 0 saturated carbocycles. The Labute approximate surface area is 133 Å². The SMILES string of the molecule is CCn1cc(CC(C)c2ccc(OCC(C)C)cc2C)nn1. The maximum atomic E-state index is 5.79. The van der Waals surface area contributed by atoms with Crippen LogP contribution in [0.25, 0.3) is 0 Å². The Morgan fingerprint density at radius 2 is 2.00 bits per heavy atom. The van der Waals surface area contributed by atoms with E-state index in [4.69, 9.17) is 4.74 Å². The van der Waals surface area contributed by atoms with Crippen LogP contribution < -0.4 is 4.74 Å². The molecule has 4 heteroatoms. The van der Waals surface area contributed by atoms with Crippen LogP contribution in [0, 0.1) is 12.8 Å². The van der Waals surface area contributed by atoms with E-state index in [2.05, 4.69) is 63.1 Å². The molecular formula is C18H27N3O. The molecule has 0 fully saturated rings. The summed E-state index contributed by atoms with van der Waals surface area (Å²) in [5.74, 6) is 1.92. The van der Waals surface area contributed by atoms with E-state index in [9.17, 15) is 0 Å². The number of hydrogen-bond donors (Lipinski definition) is 0. The van der Waals surface area contributed by atoms with Crippen LogP contribution in [-0.4, -0.2) is 21.6 Å². The Morgan fingerprint density at radius 1 is 1.23 bits per heavy atom. The van der Waals surface area contributed by atoms with Crippen molar-refractivity contribution in [1.29, 1.82) is 0 Å². The lowest BCUT2D eigenvalue weighted by molar-refractivity contribution is 0.271. The zero-order chi connectivity index (χ0) is 16.1. The van der Waals surface area contributed by atoms with Crippen molar-refractivity contribution in [1.82, 2.24) is 15.0 Å². The first-order valence-corrected chi connectivity index (χ1v) is 8.12. The summed E-state index contributed by atoms with van der Waals surface area (Å²) in [6, 6.07) is 6.39. The van der Waals surface area contributed by atoms with Crippen LogP contribution in [-0.2, 0) is 13.0 Å². The lowest BCUT2D eigenvalue weighted by Gasteiger charge is -2.15. The van der Waals surface area contributed by atoms with E-state index in [1.807, 2.05) is 10.9 Å². The molecule has 1 aromatic carbocycles. The molecule has 1 heterocycles. The van der Waals surface area contributed by atoms with Gasteiger partial charge in [0, 0.05) is 12.7 Å². The van der Waals surface area contributed by atoms with Crippen LogP contribution in [0.2, 0.25) is 0 Å². The molecule has 1 unspecified atom stereocenters. The predicted molar refractivity (Wildman–Crippen MR) is 89.3 cm³/mol. The molecule has 0 amide bonds. The second-order valence-electron chi connectivity index (χ2n) is 6.39. The van der Waals surface area contributed by atoms with Crippen molar-refractivity contribution < 1.29 is 4.74 Å².